The maximum atomic E-state index is 13.2. The predicted molar refractivity (Wildman–Crippen MR) is 68.3 cm³/mol. The molecule has 2 nitrogen and oxygen atoms in total. The van der Waals surface area contributed by atoms with Gasteiger partial charge in [-0.3, -0.25) is 4.79 Å². The molecule has 1 N–H and O–H groups in total. The van der Waals surface area contributed by atoms with E-state index in [2.05, 4.69) is 5.32 Å². The molecule has 1 aromatic carbocycles. The Hall–Kier alpha value is -0.800. The van der Waals surface area contributed by atoms with Crippen molar-refractivity contribution in [2.24, 2.45) is 0 Å². The first-order chi connectivity index (χ1) is 7.90. The van der Waals surface area contributed by atoms with E-state index < -0.39 is 5.82 Å². The molecular weight excluding hydrogens is 264 g/mol. The molecule has 2 unspecified atom stereocenters. The Balaban J connectivity index is 2.66. The second kappa shape index (κ2) is 6.22. The quantitative estimate of drug-likeness (QED) is 0.837. The number of alkyl halides is 1. The molecule has 0 saturated carbocycles. The minimum atomic E-state index is -0.599. The number of halogens is 3. The average Bonchev–Trinajstić information content (AvgIpc) is 2.20. The summed E-state index contributed by atoms with van der Waals surface area (Å²) < 4.78 is 13.2. The molecule has 0 aromatic heterocycles. The predicted octanol–water partition coefficient (Wildman–Crippen LogP) is 3.61. The van der Waals surface area contributed by atoms with Crippen molar-refractivity contribution in [3.05, 3.63) is 34.6 Å². The van der Waals surface area contributed by atoms with Gasteiger partial charge in [-0.25, -0.2) is 4.39 Å². The van der Waals surface area contributed by atoms with Crippen LogP contribution in [0.5, 0.6) is 0 Å². The lowest BCUT2D eigenvalue weighted by Crippen LogP contribution is -2.33. The zero-order chi connectivity index (χ0) is 13.0. The zero-order valence-electron chi connectivity index (χ0n) is 9.64. The molecule has 0 fully saturated rings. The van der Waals surface area contributed by atoms with Crippen molar-refractivity contribution in [3.8, 4) is 0 Å². The van der Waals surface area contributed by atoms with Gasteiger partial charge in [0.1, 0.15) is 5.82 Å². The van der Waals surface area contributed by atoms with Crippen LogP contribution in [0.2, 0.25) is 5.02 Å². The van der Waals surface area contributed by atoms with Gasteiger partial charge in [-0.2, -0.15) is 0 Å². The zero-order valence-corrected chi connectivity index (χ0v) is 11.1. The van der Waals surface area contributed by atoms with Crippen LogP contribution < -0.4 is 5.32 Å². The number of hydrogen-bond acceptors (Lipinski definition) is 1. The minimum Gasteiger partial charge on any atom is -0.350 e. The summed E-state index contributed by atoms with van der Waals surface area (Å²) in [6.45, 7) is 3.70. The Morgan fingerprint density at radius 2 is 2.12 bits per heavy atom. The molecule has 0 radical (unpaired) electrons. The van der Waals surface area contributed by atoms with E-state index in [0.717, 1.165) is 6.07 Å². The van der Waals surface area contributed by atoms with Gasteiger partial charge in [-0.1, -0.05) is 11.6 Å². The van der Waals surface area contributed by atoms with E-state index in [9.17, 15) is 9.18 Å². The summed E-state index contributed by atoms with van der Waals surface area (Å²) in [7, 11) is 0. The van der Waals surface area contributed by atoms with E-state index in [1.165, 1.54) is 12.1 Å². The maximum Gasteiger partial charge on any atom is 0.251 e. The molecule has 0 saturated heterocycles. The molecule has 0 aliphatic carbocycles. The van der Waals surface area contributed by atoms with Crippen LogP contribution in [-0.4, -0.2) is 17.3 Å². The average molecular weight is 278 g/mol. The molecule has 1 rings (SSSR count). The molecule has 0 bridgehead atoms. The fourth-order valence-corrected chi connectivity index (χ4v) is 1.88. The third-order valence-electron chi connectivity index (χ3n) is 2.24. The van der Waals surface area contributed by atoms with Crippen molar-refractivity contribution in [2.45, 2.75) is 31.7 Å². The molecule has 0 heterocycles. The van der Waals surface area contributed by atoms with Gasteiger partial charge in [-0.05, 0) is 38.5 Å². The number of hydrogen-bond donors (Lipinski definition) is 1. The van der Waals surface area contributed by atoms with Crippen LogP contribution in [0.25, 0.3) is 0 Å². The Kier molecular flexibility index (Phi) is 5.22. The van der Waals surface area contributed by atoms with Gasteiger partial charge in [0, 0.05) is 17.0 Å². The van der Waals surface area contributed by atoms with Gasteiger partial charge in [0.2, 0.25) is 0 Å². The molecular formula is C12H14Cl2FNO. The molecule has 0 spiro atoms. The van der Waals surface area contributed by atoms with E-state index in [-0.39, 0.29) is 27.9 Å². The van der Waals surface area contributed by atoms with Crippen molar-refractivity contribution in [2.75, 3.05) is 0 Å². The first kappa shape index (κ1) is 14.3. The number of carbonyl (C=O) groups excluding carboxylic acids is 1. The number of nitrogens with one attached hydrogen (secondary N) is 1. The lowest BCUT2D eigenvalue weighted by Gasteiger charge is -2.15. The van der Waals surface area contributed by atoms with Crippen LogP contribution in [0.4, 0.5) is 4.39 Å². The monoisotopic (exact) mass is 277 g/mol. The summed E-state index contributed by atoms with van der Waals surface area (Å²) in [5.41, 5.74) is 0.251. The van der Waals surface area contributed by atoms with E-state index in [4.69, 9.17) is 23.2 Å². The molecule has 94 valence electrons. The van der Waals surface area contributed by atoms with Crippen LogP contribution >= 0.6 is 23.2 Å². The first-order valence-corrected chi connectivity index (χ1v) is 6.11. The largest absolute Gasteiger partial charge is 0.350 e. The Labute approximate surface area is 110 Å². The van der Waals surface area contributed by atoms with E-state index >= 15 is 0 Å². The third kappa shape index (κ3) is 4.52. The normalized spacial score (nSPS) is 14.2. The van der Waals surface area contributed by atoms with E-state index in [1.54, 1.807) is 0 Å². The maximum absolute atomic E-state index is 13.2. The van der Waals surface area contributed by atoms with E-state index in [0.29, 0.717) is 6.42 Å². The SMILES string of the molecule is CC(Cl)CC(C)NC(=O)c1ccc(Cl)c(F)c1. The molecule has 17 heavy (non-hydrogen) atoms. The Morgan fingerprint density at radius 3 is 2.65 bits per heavy atom. The fraction of sp³-hybridized carbons (Fsp3) is 0.417. The van der Waals surface area contributed by atoms with Gasteiger partial charge in [0.15, 0.2) is 0 Å². The van der Waals surface area contributed by atoms with Gasteiger partial charge >= 0.3 is 0 Å². The number of rotatable bonds is 4. The minimum absolute atomic E-state index is 0.00368. The topological polar surface area (TPSA) is 29.1 Å². The third-order valence-corrected chi connectivity index (χ3v) is 2.72. The van der Waals surface area contributed by atoms with Crippen LogP contribution in [0.15, 0.2) is 18.2 Å². The number of amides is 1. The second-order valence-corrected chi connectivity index (χ2v) is 5.17. The van der Waals surface area contributed by atoms with Gasteiger partial charge in [0.05, 0.1) is 5.02 Å². The summed E-state index contributed by atoms with van der Waals surface area (Å²) in [6.07, 6.45) is 0.656. The highest BCUT2D eigenvalue weighted by Crippen LogP contribution is 2.15. The van der Waals surface area contributed by atoms with Gasteiger partial charge < -0.3 is 5.32 Å². The highest BCUT2D eigenvalue weighted by Gasteiger charge is 2.13. The van der Waals surface area contributed by atoms with Crippen LogP contribution in [0.1, 0.15) is 30.6 Å². The summed E-state index contributed by atoms with van der Waals surface area (Å²) in [5, 5.41) is 2.72. The number of benzene rings is 1. The van der Waals surface area contributed by atoms with Crippen LogP contribution in [0, 0.1) is 5.82 Å². The smallest absolute Gasteiger partial charge is 0.251 e. The fourth-order valence-electron chi connectivity index (χ4n) is 1.49. The molecule has 5 heteroatoms. The van der Waals surface area contributed by atoms with Gasteiger partial charge in [-0.15, -0.1) is 11.6 Å². The summed E-state index contributed by atoms with van der Waals surface area (Å²) >= 11 is 11.4. The van der Waals surface area contributed by atoms with Crippen molar-refractivity contribution in [1.82, 2.24) is 5.32 Å². The van der Waals surface area contributed by atoms with Crippen molar-refractivity contribution >= 4 is 29.1 Å². The highest BCUT2D eigenvalue weighted by atomic mass is 35.5. The Morgan fingerprint density at radius 1 is 1.47 bits per heavy atom. The van der Waals surface area contributed by atoms with Gasteiger partial charge in [0.25, 0.3) is 5.91 Å². The van der Waals surface area contributed by atoms with Crippen LogP contribution in [-0.2, 0) is 0 Å². The van der Waals surface area contributed by atoms with Crippen LogP contribution in [0.3, 0.4) is 0 Å². The lowest BCUT2D eigenvalue weighted by molar-refractivity contribution is 0.0938. The molecule has 1 aromatic rings. The first-order valence-electron chi connectivity index (χ1n) is 5.30. The number of carbonyl (C=O) groups is 1. The van der Waals surface area contributed by atoms with Crippen molar-refractivity contribution in [3.63, 3.8) is 0 Å². The molecule has 1 amide bonds. The molecule has 0 aliphatic rings. The summed E-state index contributed by atoms with van der Waals surface area (Å²) in [5.74, 6) is -0.928. The second-order valence-electron chi connectivity index (χ2n) is 4.02. The highest BCUT2D eigenvalue weighted by molar-refractivity contribution is 6.30. The molecule has 0 aliphatic heterocycles. The summed E-state index contributed by atoms with van der Waals surface area (Å²) in [4.78, 5) is 11.7. The van der Waals surface area contributed by atoms with E-state index in [1.807, 2.05) is 13.8 Å². The lowest BCUT2D eigenvalue weighted by atomic mass is 10.1. The van der Waals surface area contributed by atoms with Crippen molar-refractivity contribution in [1.29, 1.82) is 0 Å². The molecule has 2 atom stereocenters. The Bertz CT molecular complexity index is 409. The summed E-state index contributed by atoms with van der Waals surface area (Å²) in [6, 6.07) is 3.90. The standard InChI is InChI=1S/C12H14Cl2FNO/c1-7(13)5-8(2)16-12(17)9-3-4-10(14)11(15)6-9/h3-4,6-8H,5H2,1-2H3,(H,16,17). The van der Waals surface area contributed by atoms with Crippen molar-refractivity contribution < 1.29 is 9.18 Å².